The van der Waals surface area contributed by atoms with Crippen molar-refractivity contribution in [2.75, 3.05) is 19.8 Å². The first kappa shape index (κ1) is 23.1. The highest BCUT2D eigenvalue weighted by Gasteiger charge is 2.50. The van der Waals surface area contributed by atoms with E-state index in [0.29, 0.717) is 19.3 Å². The molecule has 1 aromatic rings. The Hall–Kier alpha value is -1.60. The third kappa shape index (κ3) is 5.17. The Morgan fingerprint density at radius 3 is 2.53 bits per heavy atom. The van der Waals surface area contributed by atoms with Gasteiger partial charge in [-0.2, -0.15) is 4.39 Å². The molecular formula is C23H30F4O3. The lowest BCUT2D eigenvalue weighted by atomic mass is 9.71. The maximum atomic E-state index is 15.0. The van der Waals surface area contributed by atoms with E-state index in [1.165, 1.54) is 12.1 Å². The summed E-state index contributed by atoms with van der Waals surface area (Å²) in [5.74, 6) is -7.42. The smallest absolute Gasteiger partial charge is 0.251 e. The molecule has 3 rings (SSSR count). The molecule has 0 aromatic heterocycles. The highest BCUT2D eigenvalue weighted by atomic mass is 19.3. The fraction of sp³-hybridized carbons (Fsp3) is 0.652. The van der Waals surface area contributed by atoms with Gasteiger partial charge in [-0.25, -0.2) is 13.2 Å². The average molecular weight is 430 g/mol. The predicted octanol–water partition coefficient (Wildman–Crippen LogP) is 6.23. The molecule has 0 bridgehead atoms. The van der Waals surface area contributed by atoms with Crippen molar-refractivity contribution in [1.29, 1.82) is 0 Å². The largest absolute Gasteiger partial charge is 0.490 e. The van der Waals surface area contributed by atoms with Crippen LogP contribution in [0.2, 0.25) is 0 Å². The van der Waals surface area contributed by atoms with Crippen molar-refractivity contribution in [3.8, 4) is 5.75 Å². The van der Waals surface area contributed by atoms with Crippen molar-refractivity contribution in [3.05, 3.63) is 42.0 Å². The van der Waals surface area contributed by atoms with Crippen molar-refractivity contribution in [1.82, 2.24) is 0 Å². The van der Waals surface area contributed by atoms with Crippen LogP contribution in [0, 0.1) is 23.5 Å². The second kappa shape index (κ2) is 10.1. The fourth-order valence-electron chi connectivity index (χ4n) is 4.42. The summed E-state index contributed by atoms with van der Waals surface area (Å²) in [4.78, 5) is 0. The molecule has 2 unspecified atom stereocenters. The molecule has 7 heteroatoms. The van der Waals surface area contributed by atoms with E-state index >= 15 is 8.78 Å². The standard InChI is InChI=1S/C23H30F4O3/c1-3-5-6-20-29-13-16(14-30-20)18-9-7-15(12-23(18,26)27)17-8-10-19(28-11-4-2)22(25)21(17)24/h3,8,10,15-16,18,20H,1,4-7,9,11-14H2,2H3. The lowest BCUT2D eigenvalue weighted by Crippen LogP contribution is -2.45. The summed E-state index contributed by atoms with van der Waals surface area (Å²) in [6, 6.07) is 2.71. The summed E-state index contributed by atoms with van der Waals surface area (Å²) in [5, 5.41) is 0. The van der Waals surface area contributed by atoms with Gasteiger partial charge in [0.2, 0.25) is 5.82 Å². The second-order valence-corrected chi connectivity index (χ2v) is 8.20. The first-order chi connectivity index (χ1) is 14.4. The Kier molecular flexibility index (Phi) is 7.80. The number of ether oxygens (including phenoxy) is 3. The van der Waals surface area contributed by atoms with E-state index in [1.807, 2.05) is 6.92 Å². The van der Waals surface area contributed by atoms with E-state index in [4.69, 9.17) is 14.2 Å². The summed E-state index contributed by atoms with van der Waals surface area (Å²) < 4.78 is 75.3. The van der Waals surface area contributed by atoms with Crippen LogP contribution in [0.4, 0.5) is 17.6 Å². The Morgan fingerprint density at radius 2 is 1.90 bits per heavy atom. The molecule has 0 amide bonds. The number of rotatable bonds is 8. The fourth-order valence-corrected chi connectivity index (χ4v) is 4.42. The Morgan fingerprint density at radius 1 is 1.17 bits per heavy atom. The molecule has 2 fully saturated rings. The van der Waals surface area contributed by atoms with Crippen molar-refractivity contribution in [3.63, 3.8) is 0 Å². The van der Waals surface area contributed by atoms with Gasteiger partial charge in [0.1, 0.15) is 0 Å². The van der Waals surface area contributed by atoms with Crippen LogP contribution in [-0.4, -0.2) is 32.0 Å². The van der Waals surface area contributed by atoms with Gasteiger partial charge in [-0.15, -0.1) is 6.58 Å². The molecule has 1 heterocycles. The van der Waals surface area contributed by atoms with Gasteiger partial charge < -0.3 is 14.2 Å². The Bertz CT molecular complexity index is 717. The van der Waals surface area contributed by atoms with E-state index in [0.717, 1.165) is 6.42 Å². The molecule has 1 saturated carbocycles. The highest BCUT2D eigenvalue weighted by molar-refractivity contribution is 5.33. The quantitative estimate of drug-likeness (QED) is 0.362. The van der Waals surface area contributed by atoms with Crippen molar-refractivity contribution in [2.45, 2.75) is 63.6 Å². The van der Waals surface area contributed by atoms with Gasteiger partial charge in [-0.1, -0.05) is 19.1 Å². The van der Waals surface area contributed by atoms with Gasteiger partial charge in [-0.3, -0.25) is 0 Å². The zero-order valence-electron chi connectivity index (χ0n) is 17.3. The number of hydrogen-bond donors (Lipinski definition) is 0. The predicted molar refractivity (Wildman–Crippen MR) is 106 cm³/mol. The van der Waals surface area contributed by atoms with Crippen LogP contribution in [0.5, 0.6) is 5.75 Å². The van der Waals surface area contributed by atoms with Crippen molar-refractivity contribution >= 4 is 0 Å². The van der Waals surface area contributed by atoms with Gasteiger partial charge in [0, 0.05) is 24.7 Å². The van der Waals surface area contributed by atoms with Gasteiger partial charge in [0.15, 0.2) is 17.9 Å². The lowest BCUT2D eigenvalue weighted by Gasteiger charge is -2.42. The van der Waals surface area contributed by atoms with Crippen LogP contribution >= 0.6 is 0 Å². The maximum absolute atomic E-state index is 15.0. The number of benzene rings is 1. The molecule has 1 aromatic carbocycles. The molecule has 3 nitrogen and oxygen atoms in total. The van der Waals surface area contributed by atoms with Crippen LogP contribution < -0.4 is 4.74 Å². The lowest BCUT2D eigenvalue weighted by molar-refractivity contribution is -0.232. The van der Waals surface area contributed by atoms with Crippen molar-refractivity contribution < 1.29 is 31.8 Å². The van der Waals surface area contributed by atoms with Crippen LogP contribution in [0.25, 0.3) is 0 Å². The summed E-state index contributed by atoms with van der Waals surface area (Å²) in [7, 11) is 0. The Balaban J connectivity index is 1.64. The molecule has 2 atom stereocenters. The van der Waals surface area contributed by atoms with Crippen LogP contribution in [-0.2, 0) is 9.47 Å². The van der Waals surface area contributed by atoms with Gasteiger partial charge in [0.05, 0.1) is 19.8 Å². The first-order valence-corrected chi connectivity index (χ1v) is 10.7. The monoisotopic (exact) mass is 430 g/mol. The zero-order valence-corrected chi connectivity index (χ0v) is 17.3. The molecular weight excluding hydrogens is 400 g/mol. The number of allylic oxidation sites excluding steroid dienone is 1. The van der Waals surface area contributed by atoms with Gasteiger partial charge in [-0.05, 0) is 43.2 Å². The van der Waals surface area contributed by atoms with Gasteiger partial charge in [0.25, 0.3) is 5.92 Å². The summed E-state index contributed by atoms with van der Waals surface area (Å²) in [6.45, 7) is 6.21. The topological polar surface area (TPSA) is 27.7 Å². The minimum Gasteiger partial charge on any atom is -0.490 e. The highest BCUT2D eigenvalue weighted by Crippen LogP contribution is 2.49. The molecule has 0 radical (unpaired) electrons. The second-order valence-electron chi connectivity index (χ2n) is 8.20. The van der Waals surface area contributed by atoms with Crippen LogP contribution in [0.15, 0.2) is 24.8 Å². The van der Waals surface area contributed by atoms with E-state index in [-0.39, 0.29) is 43.8 Å². The van der Waals surface area contributed by atoms with Crippen LogP contribution in [0.1, 0.15) is 56.9 Å². The average Bonchev–Trinajstić information content (AvgIpc) is 2.73. The minimum absolute atomic E-state index is 0.00453. The SMILES string of the molecule is C=CCCC1OCC(C2CCC(c3ccc(OCCC)c(F)c3F)CC2(F)F)CO1. The Labute approximate surface area is 175 Å². The van der Waals surface area contributed by atoms with Crippen molar-refractivity contribution in [2.24, 2.45) is 11.8 Å². The number of hydrogen-bond acceptors (Lipinski definition) is 3. The third-order valence-electron chi connectivity index (χ3n) is 6.03. The normalized spacial score (nSPS) is 28.8. The molecule has 0 spiro atoms. The maximum Gasteiger partial charge on any atom is 0.251 e. The third-order valence-corrected chi connectivity index (χ3v) is 6.03. The van der Waals surface area contributed by atoms with Gasteiger partial charge >= 0.3 is 0 Å². The number of halogens is 4. The summed E-state index contributed by atoms with van der Waals surface area (Å²) >= 11 is 0. The van der Waals surface area contributed by atoms with Crippen LogP contribution in [0.3, 0.4) is 0 Å². The summed E-state index contributed by atoms with van der Waals surface area (Å²) in [5.41, 5.74) is -0.00453. The molecule has 1 saturated heterocycles. The number of alkyl halides is 2. The van der Waals surface area contributed by atoms with E-state index < -0.39 is 41.7 Å². The van der Waals surface area contributed by atoms with E-state index in [2.05, 4.69) is 6.58 Å². The molecule has 1 aliphatic heterocycles. The minimum atomic E-state index is -3.01. The van der Waals surface area contributed by atoms with E-state index in [1.54, 1.807) is 6.08 Å². The summed E-state index contributed by atoms with van der Waals surface area (Å²) in [6.07, 6.45) is 3.49. The molecule has 0 N–H and O–H groups in total. The zero-order chi connectivity index (χ0) is 21.7. The molecule has 1 aliphatic carbocycles. The first-order valence-electron chi connectivity index (χ1n) is 10.7. The van der Waals surface area contributed by atoms with E-state index in [9.17, 15) is 8.78 Å². The molecule has 2 aliphatic rings. The molecule has 30 heavy (non-hydrogen) atoms. The molecule has 168 valence electrons.